The molecule has 0 spiro atoms. The van der Waals surface area contributed by atoms with Gasteiger partial charge in [-0.1, -0.05) is 11.6 Å². The van der Waals surface area contributed by atoms with Gasteiger partial charge in [0.05, 0.1) is 19.9 Å². The van der Waals surface area contributed by atoms with Crippen molar-refractivity contribution in [3.63, 3.8) is 0 Å². The zero-order valence-corrected chi connectivity index (χ0v) is 16.8. The highest BCUT2D eigenvalue weighted by atomic mass is 35.5. The average Bonchev–Trinajstić information content (AvgIpc) is 2.69. The van der Waals surface area contributed by atoms with Crippen molar-refractivity contribution in [2.75, 3.05) is 25.3 Å². The molecule has 0 unspecified atom stereocenters. The highest BCUT2D eigenvalue weighted by molar-refractivity contribution is 6.32. The van der Waals surface area contributed by atoms with Crippen LogP contribution in [0.3, 0.4) is 0 Å². The fourth-order valence-corrected chi connectivity index (χ4v) is 2.79. The molecule has 0 saturated carbocycles. The Hall–Kier alpha value is -3.19. The number of aryl methyl sites for hydroxylation is 2. The van der Waals surface area contributed by atoms with Crippen molar-refractivity contribution in [2.24, 2.45) is 0 Å². The number of ether oxygens (including phenoxy) is 3. The lowest BCUT2D eigenvalue weighted by atomic mass is 10.1. The second-order valence-corrected chi connectivity index (χ2v) is 6.48. The Morgan fingerprint density at radius 2 is 1.68 bits per heavy atom. The molecule has 0 aliphatic rings. The van der Waals surface area contributed by atoms with Crippen LogP contribution in [-0.2, 0) is 0 Å². The molecule has 0 bridgehead atoms. The molecule has 0 fully saturated rings. The van der Waals surface area contributed by atoms with E-state index in [0.717, 1.165) is 11.1 Å². The molecular weight excluding hydrogens is 380 g/mol. The van der Waals surface area contributed by atoms with Crippen LogP contribution in [0.2, 0.25) is 5.02 Å². The minimum atomic E-state index is 0.237. The molecular formula is C20H21ClN4O3. The van der Waals surface area contributed by atoms with E-state index in [1.54, 1.807) is 32.4 Å². The van der Waals surface area contributed by atoms with Gasteiger partial charge in [-0.3, -0.25) is 0 Å². The second kappa shape index (κ2) is 8.22. The van der Waals surface area contributed by atoms with Crippen LogP contribution in [0.1, 0.15) is 11.1 Å². The van der Waals surface area contributed by atoms with E-state index in [4.69, 9.17) is 31.5 Å². The lowest BCUT2D eigenvalue weighted by molar-refractivity contribution is 0.405. The minimum absolute atomic E-state index is 0.237. The van der Waals surface area contributed by atoms with Gasteiger partial charge in [-0.05, 0) is 49.2 Å². The van der Waals surface area contributed by atoms with Crippen LogP contribution in [0.15, 0.2) is 36.7 Å². The van der Waals surface area contributed by atoms with E-state index < -0.39 is 0 Å². The first-order chi connectivity index (χ1) is 13.4. The number of methoxy groups -OCH3 is 2. The van der Waals surface area contributed by atoms with E-state index >= 15 is 0 Å². The van der Waals surface area contributed by atoms with Gasteiger partial charge in [0.25, 0.3) is 0 Å². The van der Waals surface area contributed by atoms with Crippen molar-refractivity contribution in [1.29, 1.82) is 0 Å². The summed E-state index contributed by atoms with van der Waals surface area (Å²) in [5.74, 6) is 2.50. The van der Waals surface area contributed by atoms with Crippen molar-refractivity contribution in [2.45, 2.75) is 13.8 Å². The molecule has 146 valence electrons. The van der Waals surface area contributed by atoms with Gasteiger partial charge in [0.2, 0.25) is 5.88 Å². The quantitative estimate of drug-likeness (QED) is 0.609. The zero-order valence-electron chi connectivity index (χ0n) is 16.0. The predicted molar refractivity (Wildman–Crippen MR) is 110 cm³/mol. The highest BCUT2D eigenvalue weighted by Gasteiger charge is 2.14. The van der Waals surface area contributed by atoms with Crippen LogP contribution in [0.4, 0.5) is 17.2 Å². The van der Waals surface area contributed by atoms with Gasteiger partial charge in [-0.25, -0.2) is 4.98 Å². The Labute approximate surface area is 168 Å². The molecule has 0 saturated heterocycles. The predicted octanol–water partition coefficient (Wildman–Crippen LogP) is 4.88. The van der Waals surface area contributed by atoms with Crippen molar-refractivity contribution in [3.05, 3.63) is 52.8 Å². The Morgan fingerprint density at radius 1 is 0.964 bits per heavy atom. The second-order valence-electron chi connectivity index (χ2n) is 6.11. The SMILES string of the molecule is COc1ccc(OC)c(Nc2ncnc(Oc3cc(C)c(Cl)c(C)c3)c2N)c1. The standard InChI is InChI=1S/C20H21ClN4O3/c1-11-7-14(8-12(2)17(11)21)28-20-18(22)19(23-10-24-20)25-15-9-13(26-3)5-6-16(15)27-4/h5-10H,22H2,1-4H3,(H,23,24,25). The molecule has 1 aromatic heterocycles. The summed E-state index contributed by atoms with van der Waals surface area (Å²) < 4.78 is 16.5. The number of hydrogen-bond acceptors (Lipinski definition) is 7. The number of hydrogen-bond donors (Lipinski definition) is 2. The van der Waals surface area contributed by atoms with Crippen LogP contribution < -0.4 is 25.3 Å². The van der Waals surface area contributed by atoms with E-state index in [-0.39, 0.29) is 11.6 Å². The van der Waals surface area contributed by atoms with Crippen LogP contribution in [-0.4, -0.2) is 24.2 Å². The molecule has 3 N–H and O–H groups in total. The maximum Gasteiger partial charge on any atom is 0.248 e. The summed E-state index contributed by atoms with van der Waals surface area (Å²) in [6.07, 6.45) is 1.37. The number of halogens is 1. The molecule has 0 atom stereocenters. The van der Waals surface area contributed by atoms with Crippen molar-refractivity contribution in [1.82, 2.24) is 9.97 Å². The summed E-state index contributed by atoms with van der Waals surface area (Å²) in [4.78, 5) is 8.36. The van der Waals surface area contributed by atoms with Crippen LogP contribution >= 0.6 is 11.6 Å². The maximum absolute atomic E-state index is 6.24. The summed E-state index contributed by atoms with van der Waals surface area (Å²) in [6, 6.07) is 9.03. The van der Waals surface area contributed by atoms with Crippen LogP contribution in [0, 0.1) is 13.8 Å². The van der Waals surface area contributed by atoms with Gasteiger partial charge in [0.1, 0.15) is 29.3 Å². The minimum Gasteiger partial charge on any atom is -0.497 e. The first kappa shape index (κ1) is 19.6. The summed E-state index contributed by atoms with van der Waals surface area (Å²) in [7, 11) is 3.17. The third-order valence-corrected chi connectivity index (χ3v) is 4.73. The first-order valence-corrected chi connectivity index (χ1v) is 8.84. The van der Waals surface area contributed by atoms with E-state index in [2.05, 4.69) is 15.3 Å². The van der Waals surface area contributed by atoms with Crippen molar-refractivity contribution in [3.8, 4) is 23.1 Å². The van der Waals surface area contributed by atoms with E-state index in [9.17, 15) is 0 Å². The molecule has 3 aromatic rings. The molecule has 0 aliphatic heterocycles. The molecule has 7 nitrogen and oxygen atoms in total. The number of benzene rings is 2. The number of nitrogens with one attached hydrogen (secondary N) is 1. The molecule has 2 aromatic carbocycles. The number of nitrogen functional groups attached to an aromatic ring is 1. The Morgan fingerprint density at radius 3 is 2.32 bits per heavy atom. The largest absolute Gasteiger partial charge is 0.497 e. The van der Waals surface area contributed by atoms with Gasteiger partial charge >= 0.3 is 0 Å². The lowest BCUT2D eigenvalue weighted by Gasteiger charge is -2.15. The monoisotopic (exact) mass is 400 g/mol. The van der Waals surface area contributed by atoms with Crippen LogP contribution in [0.25, 0.3) is 0 Å². The van der Waals surface area contributed by atoms with E-state index in [0.29, 0.717) is 33.8 Å². The molecule has 0 amide bonds. The molecule has 0 aliphatic carbocycles. The third-order valence-electron chi connectivity index (χ3n) is 4.13. The Bertz CT molecular complexity index is 988. The van der Waals surface area contributed by atoms with Gasteiger partial charge in [-0.2, -0.15) is 4.98 Å². The first-order valence-electron chi connectivity index (χ1n) is 8.47. The van der Waals surface area contributed by atoms with E-state index in [1.165, 1.54) is 6.33 Å². The molecule has 0 radical (unpaired) electrons. The summed E-state index contributed by atoms with van der Waals surface area (Å²) in [5.41, 5.74) is 8.96. The number of nitrogens with zero attached hydrogens (tertiary/aromatic N) is 2. The fourth-order valence-electron chi connectivity index (χ4n) is 2.68. The number of nitrogens with two attached hydrogens (primary N) is 1. The summed E-state index contributed by atoms with van der Waals surface area (Å²) >= 11 is 6.21. The summed E-state index contributed by atoms with van der Waals surface area (Å²) in [6.45, 7) is 3.82. The fraction of sp³-hybridized carbons (Fsp3) is 0.200. The van der Waals surface area contributed by atoms with Gasteiger partial charge in [0.15, 0.2) is 5.82 Å². The van der Waals surface area contributed by atoms with Gasteiger partial charge in [-0.15, -0.1) is 0 Å². The van der Waals surface area contributed by atoms with Gasteiger partial charge < -0.3 is 25.3 Å². The summed E-state index contributed by atoms with van der Waals surface area (Å²) in [5, 5.41) is 3.85. The lowest BCUT2D eigenvalue weighted by Crippen LogP contribution is -2.04. The highest BCUT2D eigenvalue weighted by Crippen LogP contribution is 2.36. The number of rotatable bonds is 6. The Kier molecular flexibility index (Phi) is 5.75. The number of anilines is 3. The molecule has 8 heteroatoms. The van der Waals surface area contributed by atoms with Crippen molar-refractivity contribution < 1.29 is 14.2 Å². The van der Waals surface area contributed by atoms with Crippen molar-refractivity contribution >= 4 is 28.8 Å². The molecule has 3 rings (SSSR count). The smallest absolute Gasteiger partial charge is 0.248 e. The average molecular weight is 401 g/mol. The maximum atomic E-state index is 6.24. The van der Waals surface area contributed by atoms with E-state index in [1.807, 2.05) is 26.0 Å². The van der Waals surface area contributed by atoms with Gasteiger partial charge in [0, 0.05) is 11.1 Å². The third kappa shape index (κ3) is 4.04. The van der Waals surface area contributed by atoms with Crippen LogP contribution in [0.5, 0.6) is 23.1 Å². The molecule has 1 heterocycles. The normalized spacial score (nSPS) is 10.5. The Balaban J connectivity index is 1.92. The molecule has 28 heavy (non-hydrogen) atoms. The zero-order chi connectivity index (χ0) is 20.3. The topological polar surface area (TPSA) is 91.5 Å². The number of aromatic nitrogens is 2.